The van der Waals surface area contributed by atoms with E-state index in [1.807, 2.05) is 37.8 Å². The fraction of sp³-hybridized carbons (Fsp3) is 0.474. The lowest BCUT2D eigenvalue weighted by Crippen LogP contribution is -2.44. The Morgan fingerprint density at radius 1 is 1.36 bits per heavy atom. The summed E-state index contributed by atoms with van der Waals surface area (Å²) in [6, 6.07) is 10.5. The molecule has 1 aliphatic rings. The van der Waals surface area contributed by atoms with Crippen LogP contribution in [0.1, 0.15) is 36.2 Å². The molecule has 0 unspecified atom stereocenters. The lowest BCUT2D eigenvalue weighted by molar-refractivity contribution is 0.233. The number of likely N-dealkylation sites (tertiary alicyclic amines) is 1. The number of hydrogen-bond acceptors (Lipinski definition) is 3. The van der Waals surface area contributed by atoms with E-state index in [0.717, 1.165) is 37.3 Å². The molecule has 0 bridgehead atoms. The van der Waals surface area contributed by atoms with Crippen molar-refractivity contribution < 1.29 is 4.79 Å². The Balaban J connectivity index is 1.46. The zero-order chi connectivity index (χ0) is 17.8. The summed E-state index contributed by atoms with van der Waals surface area (Å²) >= 11 is 0. The zero-order valence-electron chi connectivity index (χ0n) is 15.2. The smallest absolute Gasteiger partial charge is 0.315 e. The van der Waals surface area contributed by atoms with Gasteiger partial charge in [-0.05, 0) is 25.8 Å². The maximum atomic E-state index is 12.3. The SMILES string of the molecule is Cc1c([C@@H](C)NC(=O)N[C@@H]2CCN(Cc3ccccc3)C2)cnn1C. The van der Waals surface area contributed by atoms with Gasteiger partial charge in [0.2, 0.25) is 0 Å². The predicted molar refractivity (Wildman–Crippen MR) is 98.2 cm³/mol. The summed E-state index contributed by atoms with van der Waals surface area (Å²) < 4.78 is 1.82. The summed E-state index contributed by atoms with van der Waals surface area (Å²) in [6.07, 6.45) is 2.80. The van der Waals surface area contributed by atoms with Gasteiger partial charge < -0.3 is 10.6 Å². The summed E-state index contributed by atoms with van der Waals surface area (Å²) in [4.78, 5) is 14.7. The number of carbonyl (C=O) groups excluding carboxylic acids is 1. The van der Waals surface area contributed by atoms with Gasteiger partial charge in [-0.15, -0.1) is 0 Å². The zero-order valence-corrected chi connectivity index (χ0v) is 15.2. The highest BCUT2D eigenvalue weighted by Crippen LogP contribution is 2.16. The molecule has 2 N–H and O–H groups in total. The highest BCUT2D eigenvalue weighted by atomic mass is 16.2. The van der Waals surface area contributed by atoms with Crippen molar-refractivity contribution in [3.8, 4) is 0 Å². The molecule has 6 nitrogen and oxygen atoms in total. The van der Waals surface area contributed by atoms with Crippen LogP contribution < -0.4 is 10.6 Å². The molecule has 2 aromatic rings. The second-order valence-corrected chi connectivity index (χ2v) is 6.85. The first kappa shape index (κ1) is 17.5. The van der Waals surface area contributed by atoms with Gasteiger partial charge >= 0.3 is 6.03 Å². The van der Waals surface area contributed by atoms with Crippen molar-refractivity contribution in [2.24, 2.45) is 7.05 Å². The Morgan fingerprint density at radius 2 is 2.12 bits per heavy atom. The van der Waals surface area contributed by atoms with Crippen LogP contribution in [-0.4, -0.2) is 39.8 Å². The number of benzene rings is 1. The van der Waals surface area contributed by atoms with E-state index in [9.17, 15) is 4.79 Å². The largest absolute Gasteiger partial charge is 0.334 e. The quantitative estimate of drug-likeness (QED) is 0.878. The van der Waals surface area contributed by atoms with Crippen LogP contribution in [0.2, 0.25) is 0 Å². The molecule has 1 aromatic carbocycles. The molecule has 0 saturated carbocycles. The molecule has 6 heteroatoms. The monoisotopic (exact) mass is 341 g/mol. The number of rotatable bonds is 5. The number of aromatic nitrogens is 2. The third-order valence-electron chi connectivity index (χ3n) is 4.94. The van der Waals surface area contributed by atoms with Crippen LogP contribution in [0.5, 0.6) is 0 Å². The van der Waals surface area contributed by atoms with Crippen molar-refractivity contribution in [3.05, 3.63) is 53.3 Å². The maximum absolute atomic E-state index is 12.3. The Kier molecular flexibility index (Phi) is 5.38. The molecule has 1 aliphatic heterocycles. The molecule has 0 aliphatic carbocycles. The minimum atomic E-state index is -0.109. The molecule has 25 heavy (non-hydrogen) atoms. The first-order valence-corrected chi connectivity index (χ1v) is 8.84. The standard InChI is InChI=1S/C19H27N5O/c1-14(18-11-20-23(3)15(18)2)21-19(25)22-17-9-10-24(13-17)12-16-7-5-4-6-8-16/h4-8,11,14,17H,9-10,12-13H2,1-3H3,(H2,21,22,25)/t14-,17-/m1/s1. The molecule has 134 valence electrons. The molecular weight excluding hydrogens is 314 g/mol. The average molecular weight is 341 g/mol. The summed E-state index contributed by atoms with van der Waals surface area (Å²) in [5.41, 5.74) is 3.44. The first-order chi connectivity index (χ1) is 12.0. The molecule has 0 spiro atoms. The lowest BCUT2D eigenvalue weighted by Gasteiger charge is -2.19. The van der Waals surface area contributed by atoms with Gasteiger partial charge in [-0.3, -0.25) is 9.58 Å². The number of hydrogen-bond donors (Lipinski definition) is 2. The number of nitrogens with zero attached hydrogens (tertiary/aromatic N) is 3. The van der Waals surface area contributed by atoms with E-state index in [4.69, 9.17) is 0 Å². The number of amides is 2. The summed E-state index contributed by atoms with van der Waals surface area (Å²) in [6.45, 7) is 6.84. The van der Waals surface area contributed by atoms with Crippen LogP contribution in [0.3, 0.4) is 0 Å². The fourth-order valence-corrected chi connectivity index (χ4v) is 3.38. The number of nitrogens with one attached hydrogen (secondary N) is 2. The molecule has 3 rings (SSSR count). The van der Waals surface area contributed by atoms with E-state index < -0.39 is 0 Å². The van der Waals surface area contributed by atoms with E-state index >= 15 is 0 Å². The number of carbonyl (C=O) groups is 1. The Labute approximate surface area is 149 Å². The van der Waals surface area contributed by atoms with E-state index in [1.54, 1.807) is 0 Å². The van der Waals surface area contributed by atoms with E-state index in [-0.39, 0.29) is 18.1 Å². The van der Waals surface area contributed by atoms with Gasteiger partial charge in [0.25, 0.3) is 0 Å². The van der Waals surface area contributed by atoms with Crippen LogP contribution in [0.4, 0.5) is 4.79 Å². The van der Waals surface area contributed by atoms with Crippen molar-refractivity contribution in [2.75, 3.05) is 13.1 Å². The summed E-state index contributed by atoms with van der Waals surface area (Å²) in [5, 5.41) is 10.4. The van der Waals surface area contributed by atoms with Gasteiger partial charge in [0.15, 0.2) is 0 Å². The maximum Gasteiger partial charge on any atom is 0.315 e. The van der Waals surface area contributed by atoms with E-state index in [1.165, 1.54) is 5.56 Å². The third-order valence-corrected chi connectivity index (χ3v) is 4.94. The highest BCUT2D eigenvalue weighted by Gasteiger charge is 2.24. The van der Waals surface area contributed by atoms with Crippen molar-refractivity contribution in [1.82, 2.24) is 25.3 Å². The summed E-state index contributed by atoms with van der Waals surface area (Å²) in [5.74, 6) is 0. The topological polar surface area (TPSA) is 62.2 Å². The van der Waals surface area contributed by atoms with E-state index in [2.05, 4.69) is 44.9 Å². The van der Waals surface area contributed by atoms with Gasteiger partial charge in [0.1, 0.15) is 0 Å². The minimum absolute atomic E-state index is 0.0597. The minimum Gasteiger partial charge on any atom is -0.334 e. The van der Waals surface area contributed by atoms with Gasteiger partial charge in [-0.1, -0.05) is 30.3 Å². The van der Waals surface area contributed by atoms with Crippen molar-refractivity contribution in [3.63, 3.8) is 0 Å². The average Bonchev–Trinajstić information content (AvgIpc) is 3.15. The summed E-state index contributed by atoms with van der Waals surface area (Å²) in [7, 11) is 1.91. The first-order valence-electron chi connectivity index (χ1n) is 8.84. The van der Waals surface area contributed by atoms with Crippen LogP contribution in [-0.2, 0) is 13.6 Å². The van der Waals surface area contributed by atoms with Gasteiger partial charge in [0, 0.05) is 44.0 Å². The molecule has 0 radical (unpaired) electrons. The second-order valence-electron chi connectivity index (χ2n) is 6.85. The number of aryl methyl sites for hydroxylation is 1. The fourth-order valence-electron chi connectivity index (χ4n) is 3.38. The molecule has 1 saturated heterocycles. The molecule has 1 aromatic heterocycles. The number of urea groups is 1. The normalized spacial score (nSPS) is 18.9. The predicted octanol–water partition coefficient (Wildman–Crippen LogP) is 2.36. The highest BCUT2D eigenvalue weighted by molar-refractivity contribution is 5.74. The Bertz CT molecular complexity index is 712. The molecular formula is C19H27N5O. The van der Waals surface area contributed by atoms with Gasteiger partial charge in [0.05, 0.1) is 12.2 Å². The van der Waals surface area contributed by atoms with Crippen LogP contribution in [0, 0.1) is 6.92 Å². The lowest BCUT2D eigenvalue weighted by atomic mass is 10.1. The van der Waals surface area contributed by atoms with Gasteiger partial charge in [-0.2, -0.15) is 5.10 Å². The molecule has 2 atom stereocenters. The van der Waals surface area contributed by atoms with Crippen LogP contribution in [0.25, 0.3) is 0 Å². The van der Waals surface area contributed by atoms with Crippen LogP contribution in [0.15, 0.2) is 36.5 Å². The molecule has 1 fully saturated rings. The van der Waals surface area contributed by atoms with E-state index in [0.29, 0.717) is 0 Å². The molecule has 2 amide bonds. The third kappa shape index (κ3) is 4.39. The van der Waals surface area contributed by atoms with Gasteiger partial charge in [-0.25, -0.2) is 4.79 Å². The van der Waals surface area contributed by atoms with Crippen molar-refractivity contribution >= 4 is 6.03 Å². The Hall–Kier alpha value is -2.34. The van der Waals surface area contributed by atoms with Crippen molar-refractivity contribution in [2.45, 2.75) is 38.9 Å². The van der Waals surface area contributed by atoms with Crippen LogP contribution >= 0.6 is 0 Å². The van der Waals surface area contributed by atoms with Crippen molar-refractivity contribution in [1.29, 1.82) is 0 Å². The second kappa shape index (κ2) is 7.70. The molecule has 2 heterocycles. The Morgan fingerprint density at radius 3 is 2.80 bits per heavy atom.